The third-order valence-electron chi connectivity index (χ3n) is 7.97. The van der Waals surface area contributed by atoms with Crippen LogP contribution in [0.4, 0.5) is 24.5 Å². The molecule has 2 N–H and O–H groups in total. The van der Waals surface area contributed by atoms with Crippen molar-refractivity contribution in [3.8, 4) is 11.5 Å². The number of carbonyl (C=O) groups is 2. The first-order chi connectivity index (χ1) is 29.1. The van der Waals surface area contributed by atoms with Crippen LogP contribution in [0.3, 0.4) is 0 Å². The molecule has 62 heavy (non-hydrogen) atoms. The molecule has 0 saturated heterocycles. The topological polar surface area (TPSA) is 196 Å². The fourth-order valence-electron chi connectivity index (χ4n) is 5.26. The van der Waals surface area contributed by atoms with Crippen LogP contribution in [0.25, 0.3) is 0 Å². The third kappa shape index (κ3) is 12.5. The molecular formula is C41H35Cl2F3N6O8S2. The van der Waals surface area contributed by atoms with Crippen molar-refractivity contribution in [2.24, 2.45) is 0 Å². The monoisotopic (exact) mass is 930 g/mol. The number of benzene rings is 4. The summed E-state index contributed by atoms with van der Waals surface area (Å²) < 4.78 is 105. The molecule has 0 aliphatic carbocycles. The van der Waals surface area contributed by atoms with Crippen LogP contribution < -0.4 is 18.9 Å². The summed E-state index contributed by atoms with van der Waals surface area (Å²) in [5.74, 6) is -1.61. The van der Waals surface area contributed by atoms with Gasteiger partial charge in [-0.25, -0.2) is 26.8 Å². The number of sulfonamides is 2. The first kappa shape index (κ1) is 46.9. The molecule has 0 amide bonds. The first-order valence-corrected chi connectivity index (χ1v) is 21.8. The minimum absolute atomic E-state index is 0.0269. The van der Waals surface area contributed by atoms with E-state index in [2.05, 4.69) is 29.6 Å². The first-order valence-electron chi connectivity index (χ1n) is 18.1. The van der Waals surface area contributed by atoms with E-state index in [1.165, 1.54) is 91.3 Å². The molecule has 0 aliphatic heterocycles. The molecule has 0 atom stereocenters. The zero-order valence-electron chi connectivity index (χ0n) is 32.9. The van der Waals surface area contributed by atoms with Crippen LogP contribution in [0.1, 0.15) is 65.4 Å². The number of alkyl halides is 3. The van der Waals surface area contributed by atoms with Crippen molar-refractivity contribution >= 4 is 66.2 Å². The number of ether oxygens (including phenoxy) is 2. The van der Waals surface area contributed by atoms with Crippen molar-refractivity contribution < 1.29 is 49.1 Å². The molecule has 6 rings (SSSR count). The van der Waals surface area contributed by atoms with Gasteiger partial charge in [0.1, 0.15) is 11.5 Å². The number of hydrogen-bond donors (Lipinski definition) is 2. The molecule has 6 aromatic rings. The second-order valence-corrected chi connectivity index (χ2v) is 17.7. The lowest BCUT2D eigenvalue weighted by Crippen LogP contribution is -2.17. The van der Waals surface area contributed by atoms with Gasteiger partial charge < -0.3 is 9.47 Å². The Hall–Kier alpha value is -6.15. The molecule has 0 radical (unpaired) electrons. The van der Waals surface area contributed by atoms with Gasteiger partial charge in [0.25, 0.3) is 20.0 Å². The van der Waals surface area contributed by atoms with Gasteiger partial charge in [0.2, 0.25) is 5.82 Å². The number of aromatic nitrogens is 4. The van der Waals surface area contributed by atoms with Crippen molar-refractivity contribution in [2.75, 3.05) is 9.44 Å². The van der Waals surface area contributed by atoms with E-state index < -0.39 is 43.6 Å². The molecule has 324 valence electrons. The van der Waals surface area contributed by atoms with Crippen molar-refractivity contribution in [1.82, 2.24) is 20.2 Å². The van der Waals surface area contributed by atoms with Gasteiger partial charge in [0.15, 0.2) is 11.6 Å². The number of carbonyl (C=O) groups excluding carboxylic acids is 2. The van der Waals surface area contributed by atoms with Crippen LogP contribution >= 0.6 is 23.2 Å². The summed E-state index contributed by atoms with van der Waals surface area (Å²) in [6.07, 6.45) is -0.787. The average molecular weight is 932 g/mol. The zero-order chi connectivity index (χ0) is 45.4. The Morgan fingerprint density at radius 1 is 0.597 bits per heavy atom. The summed E-state index contributed by atoms with van der Waals surface area (Å²) in [5, 5.41) is 7.73. The molecule has 4 aromatic carbocycles. The fourth-order valence-corrected chi connectivity index (χ4v) is 7.76. The number of anilines is 2. The maximum absolute atomic E-state index is 12.9. The summed E-state index contributed by atoms with van der Waals surface area (Å²) >= 11 is 12.0. The molecule has 0 saturated carbocycles. The Balaban J connectivity index is 0.000000236. The second kappa shape index (κ2) is 19.7. The molecule has 0 aliphatic rings. The van der Waals surface area contributed by atoms with Crippen LogP contribution in [0.15, 0.2) is 126 Å². The number of halogens is 5. The molecule has 0 unspecified atom stereocenters. The van der Waals surface area contributed by atoms with Gasteiger partial charge in [-0.15, -0.1) is 0 Å². The normalized spacial score (nSPS) is 11.7. The van der Waals surface area contributed by atoms with E-state index in [9.17, 15) is 39.6 Å². The lowest BCUT2D eigenvalue weighted by molar-refractivity contribution is -0.145. The highest BCUT2D eigenvalue weighted by Crippen LogP contribution is 2.30. The molecule has 0 fully saturated rings. The number of rotatable bonds is 14. The quantitative estimate of drug-likeness (QED) is 0.0986. The Labute approximate surface area is 364 Å². The van der Waals surface area contributed by atoms with Crippen molar-refractivity contribution in [1.29, 1.82) is 0 Å². The van der Waals surface area contributed by atoms with E-state index in [4.69, 9.17) is 32.7 Å². The summed E-state index contributed by atoms with van der Waals surface area (Å²) in [7, 11) is -8.06. The van der Waals surface area contributed by atoms with Gasteiger partial charge in [-0.1, -0.05) is 23.2 Å². The SMILES string of the molecule is CC(C)Oc1ccc(S(=O)(=O)Nc2ccc(Cl)cc2C(=O)c2ccnnc2)cc1.CC(C)Oc1ccc(S(=O)(=O)Nc2ccc(Cl)cc2C(=O)c2cnc(C(F)(F)F)nc2)cc1. The second-order valence-electron chi connectivity index (χ2n) is 13.4. The maximum Gasteiger partial charge on any atom is 0.451 e. The summed E-state index contributed by atoms with van der Waals surface area (Å²) in [6.45, 7) is 7.41. The predicted molar refractivity (Wildman–Crippen MR) is 225 cm³/mol. The van der Waals surface area contributed by atoms with Gasteiger partial charge in [-0.3, -0.25) is 19.0 Å². The lowest BCUT2D eigenvalue weighted by Gasteiger charge is -2.14. The highest BCUT2D eigenvalue weighted by atomic mass is 35.5. The standard InChI is InChI=1S/C21H17ClF3N3O4S.C20H18ClN3O4S/c1-12(2)32-15-4-6-16(7-5-15)33(30,31)28-18-8-3-14(22)9-17(18)19(29)13-10-26-20(27-11-13)21(23,24)25;1-13(2)28-16-4-6-17(7-5-16)29(26,27)24-19-8-3-15(21)11-18(19)20(25)14-9-10-22-23-12-14/h3-12,28H,1-2H3;3-13,24H,1-2H3. The number of ketones is 2. The minimum atomic E-state index is -4.77. The van der Waals surface area contributed by atoms with Crippen LogP contribution in [0.5, 0.6) is 11.5 Å². The van der Waals surface area contributed by atoms with E-state index in [1.807, 2.05) is 27.7 Å². The van der Waals surface area contributed by atoms with Gasteiger partial charge in [-0.05, 0) is 119 Å². The molecule has 0 spiro atoms. The van der Waals surface area contributed by atoms with Crippen LogP contribution in [0.2, 0.25) is 10.0 Å². The van der Waals surface area contributed by atoms with E-state index in [0.29, 0.717) is 28.9 Å². The van der Waals surface area contributed by atoms with Gasteiger partial charge in [-0.2, -0.15) is 23.4 Å². The summed E-state index contributed by atoms with van der Waals surface area (Å²) in [4.78, 5) is 31.9. The zero-order valence-corrected chi connectivity index (χ0v) is 36.0. The summed E-state index contributed by atoms with van der Waals surface area (Å²) in [5.41, 5.74) is -0.104. The van der Waals surface area contributed by atoms with Gasteiger partial charge in [0.05, 0.1) is 51.3 Å². The maximum atomic E-state index is 12.9. The molecule has 0 bridgehead atoms. The van der Waals surface area contributed by atoms with Crippen LogP contribution in [0, 0.1) is 0 Å². The average Bonchev–Trinajstić information content (AvgIpc) is 3.22. The predicted octanol–water partition coefficient (Wildman–Crippen LogP) is 8.92. The van der Waals surface area contributed by atoms with Crippen molar-refractivity contribution in [3.63, 3.8) is 0 Å². The summed E-state index contributed by atoms with van der Waals surface area (Å²) in [6, 6.07) is 21.3. The number of hydrogen-bond acceptors (Lipinski definition) is 12. The van der Waals surface area contributed by atoms with Crippen molar-refractivity contribution in [3.05, 3.63) is 154 Å². The fraction of sp³-hybridized carbons (Fsp3) is 0.171. The minimum Gasteiger partial charge on any atom is -0.491 e. The van der Waals surface area contributed by atoms with Crippen LogP contribution in [-0.4, -0.2) is 60.8 Å². The number of nitrogens with zero attached hydrogens (tertiary/aromatic N) is 4. The molecule has 2 heterocycles. The van der Waals surface area contributed by atoms with E-state index in [-0.39, 0.29) is 60.7 Å². The Bertz CT molecular complexity index is 2770. The van der Waals surface area contributed by atoms with Crippen LogP contribution in [-0.2, 0) is 26.2 Å². The van der Waals surface area contributed by atoms with Gasteiger partial charge >= 0.3 is 6.18 Å². The smallest absolute Gasteiger partial charge is 0.451 e. The van der Waals surface area contributed by atoms with E-state index in [1.54, 1.807) is 12.1 Å². The largest absolute Gasteiger partial charge is 0.491 e. The van der Waals surface area contributed by atoms with E-state index >= 15 is 0 Å². The molecule has 21 heteroatoms. The van der Waals surface area contributed by atoms with Gasteiger partial charge in [0, 0.05) is 39.1 Å². The highest BCUT2D eigenvalue weighted by molar-refractivity contribution is 7.93. The molecule has 2 aromatic heterocycles. The lowest BCUT2D eigenvalue weighted by atomic mass is 10.0. The van der Waals surface area contributed by atoms with E-state index in [0.717, 1.165) is 0 Å². The Morgan fingerprint density at radius 3 is 1.39 bits per heavy atom. The third-order valence-corrected chi connectivity index (χ3v) is 11.2. The highest BCUT2D eigenvalue weighted by Gasteiger charge is 2.34. The molecule has 14 nitrogen and oxygen atoms in total. The van der Waals surface area contributed by atoms with Crippen molar-refractivity contribution in [2.45, 2.75) is 55.9 Å². The Morgan fingerprint density at radius 2 is 1.02 bits per heavy atom. The number of nitrogens with one attached hydrogen (secondary N) is 2. The Kier molecular flexibility index (Phi) is 14.9. The molecular weight excluding hydrogens is 897 g/mol.